The molecule has 119 valence electrons. The molecule has 2 amide bonds. The zero-order valence-corrected chi connectivity index (χ0v) is 12.5. The molecule has 7 heteroatoms. The summed E-state index contributed by atoms with van der Waals surface area (Å²) < 4.78 is 5.05. The lowest BCUT2D eigenvalue weighted by Gasteiger charge is -2.13. The SMILES string of the molecule is O=C(NC1=CN=C(c2ccncc2)[N]C1=O)OCc1ccccc1. The summed E-state index contributed by atoms with van der Waals surface area (Å²) in [5.74, 6) is -0.320. The van der Waals surface area contributed by atoms with Crippen LogP contribution in [0.5, 0.6) is 0 Å². The first-order valence-corrected chi connectivity index (χ1v) is 7.14. The average molecular weight is 321 g/mol. The Balaban J connectivity index is 1.60. The van der Waals surface area contributed by atoms with Gasteiger partial charge in [0.1, 0.15) is 12.3 Å². The predicted octanol–water partition coefficient (Wildman–Crippen LogP) is 1.74. The fourth-order valence-electron chi connectivity index (χ4n) is 1.96. The molecule has 7 nitrogen and oxygen atoms in total. The molecule has 0 aliphatic carbocycles. The highest BCUT2D eigenvalue weighted by Crippen LogP contribution is 2.07. The predicted molar refractivity (Wildman–Crippen MR) is 85.8 cm³/mol. The van der Waals surface area contributed by atoms with Crippen molar-refractivity contribution in [3.8, 4) is 0 Å². The van der Waals surface area contributed by atoms with Gasteiger partial charge in [0.15, 0.2) is 5.84 Å². The van der Waals surface area contributed by atoms with Crippen LogP contribution in [0.25, 0.3) is 0 Å². The summed E-state index contributed by atoms with van der Waals surface area (Å²) in [6.07, 6.45) is 3.68. The Labute approximate surface area is 138 Å². The van der Waals surface area contributed by atoms with Crippen LogP contribution < -0.4 is 10.6 Å². The Morgan fingerprint density at radius 1 is 1.08 bits per heavy atom. The number of hydrogen-bond acceptors (Lipinski definition) is 5. The van der Waals surface area contributed by atoms with Crippen molar-refractivity contribution in [1.29, 1.82) is 0 Å². The van der Waals surface area contributed by atoms with E-state index in [9.17, 15) is 9.59 Å². The molecule has 2 heterocycles. The second kappa shape index (κ2) is 7.19. The van der Waals surface area contributed by atoms with E-state index in [1.165, 1.54) is 6.20 Å². The van der Waals surface area contributed by atoms with Crippen LogP contribution in [-0.2, 0) is 16.1 Å². The lowest BCUT2D eigenvalue weighted by atomic mass is 10.2. The standard InChI is InChI=1S/C17H13N4O3/c22-16-14(10-19-15(21-16)13-6-8-18-9-7-13)20-17(23)24-11-12-4-2-1-3-5-12/h1-10H,11H2,(H,20,23). The van der Waals surface area contributed by atoms with Crippen LogP contribution >= 0.6 is 0 Å². The zero-order chi connectivity index (χ0) is 16.8. The monoisotopic (exact) mass is 321 g/mol. The van der Waals surface area contributed by atoms with E-state index in [0.29, 0.717) is 5.56 Å². The van der Waals surface area contributed by atoms with Crippen LogP contribution in [-0.4, -0.2) is 22.8 Å². The van der Waals surface area contributed by atoms with Gasteiger partial charge in [-0.05, 0) is 17.7 Å². The van der Waals surface area contributed by atoms with Gasteiger partial charge in [-0.1, -0.05) is 30.3 Å². The quantitative estimate of drug-likeness (QED) is 0.928. The molecule has 1 radical (unpaired) electrons. The van der Waals surface area contributed by atoms with E-state index >= 15 is 0 Å². The second-order valence-electron chi connectivity index (χ2n) is 4.84. The van der Waals surface area contributed by atoms with Crippen molar-refractivity contribution in [2.45, 2.75) is 6.61 Å². The number of aliphatic imine (C=N–C) groups is 1. The highest BCUT2D eigenvalue weighted by Gasteiger charge is 2.21. The van der Waals surface area contributed by atoms with Gasteiger partial charge in [-0.15, -0.1) is 0 Å². The molecule has 1 aliphatic rings. The number of pyridine rings is 1. The molecule has 0 fully saturated rings. The first kappa shape index (κ1) is 15.4. The summed E-state index contributed by atoms with van der Waals surface area (Å²) in [6.45, 7) is 0.108. The first-order valence-electron chi connectivity index (χ1n) is 7.14. The maximum atomic E-state index is 12.0. The van der Waals surface area contributed by atoms with Crippen molar-refractivity contribution < 1.29 is 14.3 Å². The minimum atomic E-state index is -0.740. The van der Waals surface area contributed by atoms with Gasteiger partial charge in [0, 0.05) is 18.0 Å². The van der Waals surface area contributed by atoms with Crippen molar-refractivity contribution in [1.82, 2.24) is 15.6 Å². The van der Waals surface area contributed by atoms with Crippen LogP contribution in [0, 0.1) is 0 Å². The van der Waals surface area contributed by atoms with Gasteiger partial charge in [-0.25, -0.2) is 9.79 Å². The number of nitrogens with zero attached hydrogens (tertiary/aromatic N) is 3. The largest absolute Gasteiger partial charge is 0.444 e. The van der Waals surface area contributed by atoms with Crippen molar-refractivity contribution in [2.75, 3.05) is 0 Å². The van der Waals surface area contributed by atoms with E-state index in [4.69, 9.17) is 4.74 Å². The number of amides is 2. The number of carbonyl (C=O) groups excluding carboxylic acids is 2. The highest BCUT2D eigenvalue weighted by molar-refractivity contribution is 6.14. The summed E-state index contributed by atoms with van der Waals surface area (Å²) in [7, 11) is 0. The van der Waals surface area contributed by atoms with E-state index in [-0.39, 0.29) is 18.1 Å². The molecule has 1 aromatic heterocycles. The number of aromatic nitrogens is 1. The van der Waals surface area contributed by atoms with E-state index in [1.54, 1.807) is 24.5 Å². The van der Waals surface area contributed by atoms with Gasteiger partial charge in [0.05, 0.1) is 6.20 Å². The molecule has 3 rings (SSSR count). The van der Waals surface area contributed by atoms with Crippen molar-refractivity contribution in [3.05, 3.63) is 77.9 Å². The topological polar surface area (TPSA) is 94.8 Å². The van der Waals surface area contributed by atoms with Gasteiger partial charge < -0.3 is 4.74 Å². The van der Waals surface area contributed by atoms with E-state index in [1.807, 2.05) is 30.3 Å². The Morgan fingerprint density at radius 3 is 2.54 bits per heavy atom. The minimum absolute atomic E-state index is 0.0362. The highest BCUT2D eigenvalue weighted by atomic mass is 16.5. The van der Waals surface area contributed by atoms with E-state index in [0.717, 1.165) is 5.56 Å². The second-order valence-corrected chi connectivity index (χ2v) is 4.84. The van der Waals surface area contributed by atoms with Gasteiger partial charge in [0.2, 0.25) is 0 Å². The smallest absolute Gasteiger partial charge is 0.412 e. The Morgan fingerprint density at radius 2 is 1.83 bits per heavy atom. The number of hydrogen-bond donors (Lipinski definition) is 1. The van der Waals surface area contributed by atoms with Crippen LogP contribution in [0.4, 0.5) is 4.79 Å². The first-order chi connectivity index (χ1) is 11.7. The van der Waals surface area contributed by atoms with E-state index in [2.05, 4.69) is 20.6 Å². The molecule has 2 aromatic rings. The molecule has 1 N–H and O–H groups in total. The van der Waals surface area contributed by atoms with Crippen LogP contribution in [0.3, 0.4) is 0 Å². The minimum Gasteiger partial charge on any atom is -0.444 e. The third-order valence-electron chi connectivity index (χ3n) is 3.14. The fraction of sp³-hybridized carbons (Fsp3) is 0.0588. The molecule has 1 aromatic carbocycles. The number of amidine groups is 1. The molecular formula is C17H13N4O3. The van der Waals surface area contributed by atoms with Gasteiger partial charge in [0.25, 0.3) is 5.91 Å². The maximum Gasteiger partial charge on any atom is 0.412 e. The Kier molecular flexibility index (Phi) is 4.62. The summed E-state index contributed by atoms with van der Waals surface area (Å²) in [5.41, 5.74) is 1.48. The number of alkyl carbamates (subject to hydrolysis) is 1. The molecule has 0 saturated heterocycles. The maximum absolute atomic E-state index is 12.0. The van der Waals surface area contributed by atoms with Crippen LogP contribution in [0.15, 0.2) is 71.7 Å². The molecule has 0 saturated carbocycles. The third kappa shape index (κ3) is 3.83. The van der Waals surface area contributed by atoms with Crippen LogP contribution in [0.2, 0.25) is 0 Å². The zero-order valence-electron chi connectivity index (χ0n) is 12.5. The number of benzene rings is 1. The normalized spacial score (nSPS) is 13.4. The number of ether oxygens (including phenoxy) is 1. The molecule has 24 heavy (non-hydrogen) atoms. The Bertz CT molecular complexity index is 801. The van der Waals surface area contributed by atoms with Crippen molar-refractivity contribution in [2.24, 2.45) is 4.99 Å². The number of carbonyl (C=O) groups is 2. The van der Waals surface area contributed by atoms with Gasteiger partial charge in [-0.2, -0.15) is 5.32 Å². The molecule has 0 atom stereocenters. The number of rotatable bonds is 4. The Hall–Kier alpha value is -3.48. The molecular weight excluding hydrogens is 308 g/mol. The lowest BCUT2D eigenvalue weighted by molar-refractivity contribution is -0.116. The third-order valence-corrected chi connectivity index (χ3v) is 3.14. The van der Waals surface area contributed by atoms with E-state index < -0.39 is 12.0 Å². The fourth-order valence-corrected chi connectivity index (χ4v) is 1.96. The number of nitrogens with one attached hydrogen (secondary N) is 1. The summed E-state index contributed by atoms with van der Waals surface area (Å²) in [5, 5.41) is 6.20. The average Bonchev–Trinajstić information content (AvgIpc) is 2.63. The summed E-state index contributed by atoms with van der Waals surface area (Å²) in [4.78, 5) is 31.7. The van der Waals surface area contributed by atoms with Crippen LogP contribution in [0.1, 0.15) is 11.1 Å². The van der Waals surface area contributed by atoms with Crippen molar-refractivity contribution >= 4 is 17.8 Å². The lowest BCUT2D eigenvalue weighted by Crippen LogP contribution is -2.36. The molecule has 0 bridgehead atoms. The summed E-state index contributed by atoms with van der Waals surface area (Å²) in [6, 6.07) is 12.6. The molecule has 0 unspecified atom stereocenters. The van der Waals surface area contributed by atoms with Gasteiger partial charge in [-0.3, -0.25) is 15.1 Å². The molecule has 1 aliphatic heterocycles. The molecule has 0 spiro atoms. The van der Waals surface area contributed by atoms with Crippen molar-refractivity contribution in [3.63, 3.8) is 0 Å². The summed E-state index contributed by atoms with van der Waals surface area (Å²) >= 11 is 0. The van der Waals surface area contributed by atoms with Gasteiger partial charge >= 0.3 is 6.09 Å².